The molecule has 5 heteroatoms. The number of carboxylic acid groups (broad SMARTS) is 1. The van der Waals surface area contributed by atoms with Gasteiger partial charge in [-0.15, -0.1) is 0 Å². The molecule has 106 valence electrons. The molecule has 1 aromatic carbocycles. The number of nitrogens with zero attached hydrogens (tertiary/aromatic N) is 3. The number of likely N-dealkylation sites (tertiary alicyclic amines) is 1. The Balaban J connectivity index is 2.10. The molecule has 1 N–H and O–H groups in total. The number of carbonyl (C=O) groups is 1. The van der Waals surface area contributed by atoms with Gasteiger partial charge >= 0.3 is 5.97 Å². The second-order valence-corrected chi connectivity index (χ2v) is 5.60. The van der Waals surface area contributed by atoms with Crippen LogP contribution in [0.1, 0.15) is 35.1 Å². The van der Waals surface area contributed by atoms with Crippen molar-refractivity contribution in [1.29, 1.82) is 0 Å². The number of carboxylic acids is 1. The summed E-state index contributed by atoms with van der Waals surface area (Å²) in [4.78, 5) is 18.0. The largest absolute Gasteiger partial charge is 0.478 e. The highest BCUT2D eigenvalue weighted by molar-refractivity contribution is 5.92. The molecule has 0 spiro atoms. The van der Waals surface area contributed by atoms with Crippen LogP contribution in [0.25, 0.3) is 11.0 Å². The molecule has 2 heterocycles. The molecule has 2 aromatic rings. The molecule has 1 atom stereocenters. The summed E-state index contributed by atoms with van der Waals surface area (Å²) in [6.45, 7) is 4.11. The standard InChI is InChI=1S/C15H19N3O2/c1-10-16-13-6-5-11(15(19)20)8-14(13)18(10)12-4-3-7-17(2)9-12/h5-6,8,12H,3-4,7,9H2,1-2H3,(H,19,20). The minimum absolute atomic E-state index is 0.322. The summed E-state index contributed by atoms with van der Waals surface area (Å²) in [5.41, 5.74) is 2.13. The summed E-state index contributed by atoms with van der Waals surface area (Å²) < 4.78 is 2.21. The van der Waals surface area contributed by atoms with Gasteiger partial charge in [-0.05, 0) is 51.6 Å². The zero-order valence-electron chi connectivity index (χ0n) is 11.8. The third-order valence-corrected chi connectivity index (χ3v) is 4.08. The summed E-state index contributed by atoms with van der Waals surface area (Å²) in [5, 5.41) is 9.16. The number of aromatic carboxylic acids is 1. The van der Waals surface area contributed by atoms with Crippen molar-refractivity contribution in [1.82, 2.24) is 14.5 Å². The zero-order chi connectivity index (χ0) is 14.3. The maximum absolute atomic E-state index is 11.2. The highest BCUT2D eigenvalue weighted by atomic mass is 16.4. The number of hydrogen-bond donors (Lipinski definition) is 1. The van der Waals surface area contributed by atoms with Crippen molar-refractivity contribution in [2.75, 3.05) is 20.1 Å². The Kier molecular flexibility index (Phi) is 3.22. The first-order chi connectivity index (χ1) is 9.56. The number of piperidine rings is 1. The van der Waals surface area contributed by atoms with E-state index in [4.69, 9.17) is 5.11 Å². The third kappa shape index (κ3) is 2.18. The van der Waals surface area contributed by atoms with Crippen molar-refractivity contribution in [3.63, 3.8) is 0 Å². The van der Waals surface area contributed by atoms with Crippen molar-refractivity contribution in [3.05, 3.63) is 29.6 Å². The number of hydrogen-bond acceptors (Lipinski definition) is 3. The first-order valence-corrected chi connectivity index (χ1v) is 6.96. The Hall–Kier alpha value is -1.88. The summed E-state index contributed by atoms with van der Waals surface area (Å²) in [7, 11) is 2.13. The number of fused-ring (bicyclic) bond motifs is 1. The fraction of sp³-hybridized carbons (Fsp3) is 0.467. The maximum atomic E-state index is 11.2. The van der Waals surface area contributed by atoms with Crippen LogP contribution < -0.4 is 0 Å². The van der Waals surface area contributed by atoms with E-state index < -0.39 is 5.97 Å². The quantitative estimate of drug-likeness (QED) is 0.912. The molecule has 1 aromatic heterocycles. The predicted octanol–water partition coefficient (Wildman–Crippen LogP) is 2.31. The van der Waals surface area contributed by atoms with E-state index in [1.54, 1.807) is 18.2 Å². The van der Waals surface area contributed by atoms with Crippen LogP contribution in [0.4, 0.5) is 0 Å². The molecule has 0 saturated carbocycles. The fourth-order valence-corrected chi connectivity index (χ4v) is 3.16. The van der Waals surface area contributed by atoms with Crippen LogP contribution in [0.15, 0.2) is 18.2 Å². The minimum Gasteiger partial charge on any atom is -0.478 e. The molecule has 0 aliphatic carbocycles. The second-order valence-electron chi connectivity index (χ2n) is 5.60. The highest BCUT2D eigenvalue weighted by Crippen LogP contribution is 2.27. The Morgan fingerprint density at radius 3 is 2.95 bits per heavy atom. The molecule has 1 saturated heterocycles. The van der Waals surface area contributed by atoms with Crippen molar-refractivity contribution in [2.45, 2.75) is 25.8 Å². The van der Waals surface area contributed by atoms with Gasteiger partial charge in [-0.25, -0.2) is 9.78 Å². The lowest BCUT2D eigenvalue weighted by atomic mass is 10.1. The van der Waals surface area contributed by atoms with Crippen LogP contribution in [0, 0.1) is 6.92 Å². The zero-order valence-corrected chi connectivity index (χ0v) is 11.8. The summed E-state index contributed by atoms with van der Waals surface area (Å²) >= 11 is 0. The Morgan fingerprint density at radius 2 is 2.25 bits per heavy atom. The Morgan fingerprint density at radius 1 is 1.45 bits per heavy atom. The van der Waals surface area contributed by atoms with Gasteiger partial charge in [0, 0.05) is 12.6 Å². The number of benzene rings is 1. The molecule has 0 amide bonds. The molecule has 5 nitrogen and oxygen atoms in total. The average Bonchev–Trinajstić information content (AvgIpc) is 2.73. The van der Waals surface area contributed by atoms with Gasteiger partial charge in [0.2, 0.25) is 0 Å². The molecule has 20 heavy (non-hydrogen) atoms. The van der Waals surface area contributed by atoms with Gasteiger partial charge in [-0.3, -0.25) is 0 Å². The van der Waals surface area contributed by atoms with Gasteiger partial charge in [0.25, 0.3) is 0 Å². The van der Waals surface area contributed by atoms with E-state index in [-0.39, 0.29) is 0 Å². The SMILES string of the molecule is Cc1nc2ccc(C(=O)O)cc2n1C1CCCN(C)C1. The summed E-state index contributed by atoms with van der Waals surface area (Å²) in [5.74, 6) is 0.0703. The molecule has 0 radical (unpaired) electrons. The molecule has 0 bridgehead atoms. The highest BCUT2D eigenvalue weighted by Gasteiger charge is 2.22. The molecule has 1 fully saturated rings. The van der Waals surface area contributed by atoms with Crippen LogP contribution in [0.5, 0.6) is 0 Å². The minimum atomic E-state index is -0.891. The van der Waals surface area contributed by atoms with Gasteiger partial charge in [0.15, 0.2) is 0 Å². The molecular formula is C15H19N3O2. The van der Waals surface area contributed by atoms with Gasteiger partial charge in [0.1, 0.15) is 5.82 Å². The lowest BCUT2D eigenvalue weighted by Crippen LogP contribution is -2.33. The smallest absolute Gasteiger partial charge is 0.335 e. The monoisotopic (exact) mass is 273 g/mol. The number of aryl methyl sites for hydroxylation is 1. The Labute approximate surface area is 117 Å². The van der Waals surface area contributed by atoms with E-state index in [1.807, 2.05) is 6.92 Å². The van der Waals surface area contributed by atoms with Crippen molar-refractivity contribution in [3.8, 4) is 0 Å². The second kappa shape index (κ2) is 4.90. The predicted molar refractivity (Wildman–Crippen MR) is 77.2 cm³/mol. The van der Waals surface area contributed by atoms with E-state index in [1.165, 1.54) is 6.42 Å². The number of imidazole rings is 1. The fourth-order valence-electron chi connectivity index (χ4n) is 3.16. The summed E-state index contributed by atoms with van der Waals surface area (Å²) in [6.07, 6.45) is 2.28. The van der Waals surface area contributed by atoms with Crippen LogP contribution >= 0.6 is 0 Å². The molecule has 1 aliphatic rings. The maximum Gasteiger partial charge on any atom is 0.335 e. The van der Waals surface area contributed by atoms with E-state index in [0.717, 1.165) is 36.4 Å². The van der Waals surface area contributed by atoms with E-state index in [9.17, 15) is 4.79 Å². The lowest BCUT2D eigenvalue weighted by Gasteiger charge is -2.31. The lowest BCUT2D eigenvalue weighted by molar-refractivity contribution is 0.0697. The van der Waals surface area contributed by atoms with Gasteiger partial charge in [0.05, 0.1) is 16.6 Å². The molecule has 1 unspecified atom stereocenters. The first-order valence-electron chi connectivity index (χ1n) is 6.96. The number of aromatic nitrogens is 2. The van der Waals surface area contributed by atoms with Crippen molar-refractivity contribution >= 4 is 17.0 Å². The average molecular weight is 273 g/mol. The first kappa shape index (κ1) is 13.1. The molecule has 1 aliphatic heterocycles. The van der Waals surface area contributed by atoms with Gasteiger partial charge in [-0.1, -0.05) is 0 Å². The van der Waals surface area contributed by atoms with Crippen LogP contribution in [-0.2, 0) is 0 Å². The van der Waals surface area contributed by atoms with E-state index >= 15 is 0 Å². The van der Waals surface area contributed by atoms with Crippen molar-refractivity contribution < 1.29 is 9.90 Å². The molecular weight excluding hydrogens is 254 g/mol. The van der Waals surface area contributed by atoms with Crippen LogP contribution in [0.2, 0.25) is 0 Å². The van der Waals surface area contributed by atoms with E-state index in [0.29, 0.717) is 11.6 Å². The van der Waals surface area contributed by atoms with E-state index in [2.05, 4.69) is 21.5 Å². The van der Waals surface area contributed by atoms with Crippen molar-refractivity contribution in [2.24, 2.45) is 0 Å². The van der Waals surface area contributed by atoms with Crippen LogP contribution in [-0.4, -0.2) is 45.7 Å². The number of rotatable bonds is 2. The van der Waals surface area contributed by atoms with Crippen LogP contribution in [0.3, 0.4) is 0 Å². The Bertz CT molecular complexity index is 662. The summed E-state index contributed by atoms with van der Waals surface area (Å²) in [6, 6.07) is 5.54. The number of likely N-dealkylation sites (N-methyl/N-ethyl adjacent to an activating group) is 1. The van der Waals surface area contributed by atoms with Gasteiger partial charge < -0.3 is 14.6 Å². The van der Waals surface area contributed by atoms with Gasteiger partial charge in [-0.2, -0.15) is 0 Å². The third-order valence-electron chi connectivity index (χ3n) is 4.08. The topological polar surface area (TPSA) is 58.4 Å². The molecule has 3 rings (SSSR count). The normalized spacial score (nSPS) is 20.4.